The average Bonchev–Trinajstić information content (AvgIpc) is 2.13. The molecule has 5 heterocycles. The van der Waals surface area contributed by atoms with Crippen molar-refractivity contribution in [2.45, 2.75) is 0 Å². The lowest BCUT2D eigenvalue weighted by Gasteiger charge is -2.12. The van der Waals surface area contributed by atoms with Crippen molar-refractivity contribution in [1.29, 1.82) is 0 Å². The van der Waals surface area contributed by atoms with Gasteiger partial charge in [-0.2, -0.15) is 0 Å². The highest BCUT2D eigenvalue weighted by Gasteiger charge is 2.25. The normalized spacial score (nSPS) is 11.9. The van der Waals surface area contributed by atoms with E-state index in [9.17, 15) is 9.50 Å². The molecule has 0 saturated heterocycles. The van der Waals surface area contributed by atoms with E-state index in [-0.39, 0.29) is 11.3 Å². The van der Waals surface area contributed by atoms with Crippen LogP contribution < -0.4 is 0 Å². The molecule has 8 nitrogen and oxygen atoms in total. The Morgan fingerprint density at radius 1 is 0.258 bits per heavy atom. The second-order valence-corrected chi connectivity index (χ2v) is 22.5. The lowest BCUT2D eigenvalue weighted by atomic mass is 9.93. The molecule has 0 amide bonds. The third kappa shape index (κ3) is 7.85. The second kappa shape index (κ2) is 19.7. The summed E-state index contributed by atoms with van der Waals surface area (Å²) in [5.74, 6) is 0.635. The van der Waals surface area contributed by atoms with Gasteiger partial charge < -0.3 is 18.4 Å². The number of hydrogen-bond donors (Lipinski definition) is 1. The summed E-state index contributed by atoms with van der Waals surface area (Å²) in [5, 5.41) is 29.4. The summed E-state index contributed by atoms with van der Waals surface area (Å²) in [7, 11) is 0. The Morgan fingerprint density at radius 2 is 0.629 bits per heavy atom. The number of halogens is 1. The van der Waals surface area contributed by atoms with Gasteiger partial charge in [-0.15, -0.1) is 0 Å². The molecule has 9 heteroatoms. The van der Waals surface area contributed by atoms with Crippen LogP contribution in [0.2, 0.25) is 0 Å². The van der Waals surface area contributed by atoms with Crippen LogP contribution in [0.1, 0.15) is 0 Å². The van der Waals surface area contributed by atoms with Crippen molar-refractivity contribution in [2.75, 3.05) is 0 Å². The van der Waals surface area contributed by atoms with Gasteiger partial charge in [-0.3, -0.25) is 0 Å². The van der Waals surface area contributed by atoms with Crippen LogP contribution in [-0.2, 0) is 0 Å². The zero-order valence-corrected chi connectivity index (χ0v) is 47.2. The molecule has 0 saturated carbocycles. The Hall–Kier alpha value is -12.1. The van der Waals surface area contributed by atoms with E-state index in [1.54, 1.807) is 24.3 Å². The maximum absolute atomic E-state index is 14.7. The number of phenolic OH excluding ortho intramolecular Hbond substituents is 1. The van der Waals surface area contributed by atoms with Crippen LogP contribution >= 0.6 is 0 Å². The van der Waals surface area contributed by atoms with Crippen LogP contribution in [0.25, 0.3) is 187 Å². The topological polar surface area (TPSA) is 111 Å². The van der Waals surface area contributed by atoms with E-state index in [1.807, 2.05) is 72.8 Å². The second-order valence-electron chi connectivity index (χ2n) is 22.5. The van der Waals surface area contributed by atoms with E-state index < -0.39 is 5.82 Å². The van der Waals surface area contributed by atoms with Gasteiger partial charge in [0.15, 0.2) is 45.3 Å². The molecule has 0 fully saturated rings. The number of aromatic hydroxyl groups is 1. The predicted octanol–water partition coefficient (Wildman–Crippen LogP) is 21.8. The number of nitrogens with zero attached hydrogens (tertiary/aromatic N) is 4. The first-order valence-corrected chi connectivity index (χ1v) is 29.5. The number of hydrogen-bond acceptors (Lipinski definition) is 8. The molecule has 0 aliphatic rings. The molecule has 0 bridgehead atoms. The van der Waals surface area contributed by atoms with Crippen molar-refractivity contribution in [2.24, 2.45) is 0 Å². The lowest BCUT2D eigenvalue weighted by molar-refractivity contribution is 0.470. The van der Waals surface area contributed by atoms with Gasteiger partial charge >= 0.3 is 0 Å². The average molecular weight is 1150 g/mol. The van der Waals surface area contributed by atoms with Crippen LogP contribution in [0.15, 0.2) is 280 Å². The summed E-state index contributed by atoms with van der Waals surface area (Å²) >= 11 is 0. The summed E-state index contributed by atoms with van der Waals surface area (Å²) in [6.07, 6.45) is 0. The highest BCUT2D eigenvalue weighted by Crippen LogP contribution is 2.46. The van der Waals surface area contributed by atoms with Gasteiger partial charge in [0.1, 0.15) is 33.8 Å². The standard InChI is InChI=1S/C40H23FN2O2.C40H22N2O2/c41-34-17-9-8-16-30(34)31-20-21-32-36-39(45-38(32)37(31)44)35(23-10-2-1-3-11-23)42-40(43-36)24-18-19-29-27-14-5-4-12-25(27)26-13-6-7-15-28(26)33(29)22-24;1-2-10-23(11-3-1)35-39-36(32-21-20-31-30-16-8-9-17-34(30)43-37(31)38(32)44-39)42-40(41-35)24-18-19-29-27-14-5-4-12-25(27)26-13-6-7-15-28(26)33(29)22-24/h1-22,44H;1-22H. The third-order valence-corrected chi connectivity index (χ3v) is 17.5. The van der Waals surface area contributed by atoms with Gasteiger partial charge in [-0.05, 0) is 113 Å². The van der Waals surface area contributed by atoms with Gasteiger partial charge in [-0.25, -0.2) is 24.3 Å². The van der Waals surface area contributed by atoms with Crippen molar-refractivity contribution < 1.29 is 22.7 Å². The smallest absolute Gasteiger partial charge is 0.180 e. The van der Waals surface area contributed by atoms with E-state index in [4.69, 9.17) is 33.2 Å². The van der Waals surface area contributed by atoms with Crippen LogP contribution in [0, 0.1) is 5.82 Å². The predicted molar refractivity (Wildman–Crippen MR) is 360 cm³/mol. The van der Waals surface area contributed by atoms with Gasteiger partial charge in [-0.1, -0.05) is 218 Å². The molecular formula is C80H45FN4O4. The summed E-state index contributed by atoms with van der Waals surface area (Å²) in [5.41, 5.74) is 10.6. The molecule has 416 valence electrons. The number of aromatic nitrogens is 4. The molecule has 0 spiro atoms. The SMILES string of the molecule is Oc1c(-c2ccccc2F)ccc2c1oc1c(-c3ccccc3)nc(-c3ccc4c5ccccc5c5ccccc5c4c3)nc12.c1ccc(-c2nc(-c3ccc4c5ccccc5c5ccccc5c4c3)nc3c2oc2c3ccc3c4ccccc4oc32)cc1. The van der Waals surface area contributed by atoms with Gasteiger partial charge in [0.2, 0.25) is 0 Å². The van der Waals surface area contributed by atoms with Crippen molar-refractivity contribution in [3.8, 4) is 62.2 Å². The van der Waals surface area contributed by atoms with E-state index in [0.717, 1.165) is 76.9 Å². The minimum atomic E-state index is -0.424. The lowest BCUT2D eigenvalue weighted by Crippen LogP contribution is -1.94. The number of fused-ring (bicyclic) bond motifs is 22. The molecule has 0 aliphatic carbocycles. The van der Waals surface area contributed by atoms with E-state index >= 15 is 0 Å². The first-order valence-electron chi connectivity index (χ1n) is 29.5. The molecule has 1 N–H and O–H groups in total. The fourth-order valence-electron chi connectivity index (χ4n) is 13.4. The zero-order chi connectivity index (χ0) is 58.8. The van der Waals surface area contributed by atoms with Gasteiger partial charge in [0.25, 0.3) is 0 Å². The quantitative estimate of drug-likeness (QED) is 0.170. The zero-order valence-electron chi connectivity index (χ0n) is 47.2. The summed E-state index contributed by atoms with van der Waals surface area (Å²) in [4.78, 5) is 20.5. The van der Waals surface area contributed by atoms with E-state index in [2.05, 4.69) is 164 Å². The van der Waals surface area contributed by atoms with Crippen LogP contribution in [-0.4, -0.2) is 25.0 Å². The fraction of sp³-hybridized carbons (Fsp3) is 0. The van der Waals surface area contributed by atoms with Crippen LogP contribution in [0.3, 0.4) is 0 Å². The number of para-hydroxylation sites is 1. The van der Waals surface area contributed by atoms with Gasteiger partial charge in [0, 0.05) is 44.2 Å². The maximum Gasteiger partial charge on any atom is 0.180 e. The van der Waals surface area contributed by atoms with Crippen molar-refractivity contribution in [3.63, 3.8) is 0 Å². The maximum atomic E-state index is 14.7. The minimum absolute atomic E-state index is 0.139. The molecular weight excluding hydrogens is 1100 g/mol. The monoisotopic (exact) mass is 1140 g/mol. The van der Waals surface area contributed by atoms with Crippen molar-refractivity contribution in [3.05, 3.63) is 273 Å². The molecule has 0 radical (unpaired) electrons. The Morgan fingerprint density at radius 3 is 1.13 bits per heavy atom. The fourth-order valence-corrected chi connectivity index (χ4v) is 13.4. The summed E-state index contributed by atoms with van der Waals surface area (Å²) in [6.45, 7) is 0. The van der Waals surface area contributed by atoms with Gasteiger partial charge in [0.05, 0.1) is 10.8 Å². The van der Waals surface area contributed by atoms with Crippen molar-refractivity contribution in [1.82, 2.24) is 19.9 Å². The Bertz CT molecular complexity index is 6080. The summed E-state index contributed by atoms with van der Waals surface area (Å²) < 4.78 is 34.0. The highest BCUT2D eigenvalue weighted by atomic mass is 19.1. The molecule has 0 aliphatic heterocycles. The first kappa shape index (κ1) is 50.3. The number of furan rings is 3. The summed E-state index contributed by atoms with van der Waals surface area (Å²) in [6, 6.07) is 89.4. The minimum Gasteiger partial charge on any atom is -0.504 e. The Balaban J connectivity index is 0.000000133. The number of phenols is 1. The molecule has 0 atom stereocenters. The first-order chi connectivity index (χ1) is 44.0. The van der Waals surface area contributed by atoms with E-state index in [1.165, 1.54) is 54.5 Å². The molecule has 89 heavy (non-hydrogen) atoms. The third-order valence-electron chi connectivity index (χ3n) is 17.5. The number of rotatable bonds is 5. The molecule has 5 aromatic heterocycles. The van der Waals surface area contributed by atoms with Crippen LogP contribution in [0.4, 0.5) is 4.39 Å². The van der Waals surface area contributed by atoms with E-state index in [0.29, 0.717) is 56.1 Å². The van der Waals surface area contributed by atoms with Crippen molar-refractivity contribution >= 4 is 131 Å². The Kier molecular flexibility index (Phi) is 11.2. The van der Waals surface area contributed by atoms with Crippen LogP contribution in [0.5, 0.6) is 5.75 Å². The highest BCUT2D eigenvalue weighted by molar-refractivity contribution is 6.27. The molecule has 0 unspecified atom stereocenters. The molecule has 19 aromatic rings. The molecule has 19 rings (SSSR count). The number of benzene rings is 14. The Labute approximate surface area is 505 Å². The molecule has 14 aromatic carbocycles. The largest absolute Gasteiger partial charge is 0.504 e.